The molecule has 0 unspecified atom stereocenters. The summed E-state index contributed by atoms with van der Waals surface area (Å²) in [7, 11) is 0. The molecule has 8 N–H and O–H groups in total. The van der Waals surface area contributed by atoms with Crippen molar-refractivity contribution >= 4 is 23.2 Å². The van der Waals surface area contributed by atoms with E-state index in [0.717, 1.165) is 0 Å². The largest absolute Gasteiger partial charge is 0.454 e. The van der Waals surface area contributed by atoms with Gasteiger partial charge in [0.25, 0.3) is 0 Å². The molecule has 0 aliphatic carbocycles. The quantitative estimate of drug-likeness (QED) is 0.145. The van der Waals surface area contributed by atoms with Crippen LogP contribution in [-0.4, -0.2) is 92.0 Å². The van der Waals surface area contributed by atoms with E-state index in [0.29, 0.717) is 16.7 Å². The van der Waals surface area contributed by atoms with E-state index in [9.17, 15) is 30.6 Å². The molecule has 280 valence electrons. The van der Waals surface area contributed by atoms with Gasteiger partial charge in [-0.1, -0.05) is 35.3 Å². The van der Waals surface area contributed by atoms with E-state index in [1.165, 1.54) is 0 Å². The third-order valence-electron chi connectivity index (χ3n) is 8.94. The molecule has 11 atom stereocenters. The number of aliphatic hydroxyl groups excluding tert-OH is 6. The summed E-state index contributed by atoms with van der Waals surface area (Å²) in [5, 5.41) is 63.2. The SMILES string of the molecule is Cc1cc(Oc2ccc([C@H](C)O)cc2Cl)c(O[C@@H]2O[C@H](CO)[C@@H](O)[C@H](O)[C@H]2O[C@H]2C[C@](C)(N)[C@H](O)[C@H](C)O2)c(Oc2ccc([C@H](C)O)cc2Cl)c1. The fourth-order valence-electron chi connectivity index (χ4n) is 5.98. The van der Waals surface area contributed by atoms with Gasteiger partial charge in [-0.05, 0) is 87.7 Å². The number of ether oxygens (including phenoxy) is 6. The molecule has 3 aromatic carbocycles. The molecule has 2 fully saturated rings. The standard InChI is InChI=1S/C36H45Cl2NO12/c1-16-10-26(47-24-8-6-20(17(2)41)12-22(24)37)32(27(11-16)48-25-9-7-21(18(3)42)13-23(25)38)51-35-33(31(44)30(43)28(15-40)49-35)50-29-14-36(5,39)34(45)19(4)46-29/h6-13,17-19,28-31,33-35,40-45H,14-15,39H2,1-5H3/t17-,18-,19-,28+,29-,30+,31-,33+,34+,35-,36-/m0/s1. The van der Waals surface area contributed by atoms with Gasteiger partial charge in [0, 0.05) is 12.0 Å². The van der Waals surface area contributed by atoms with Gasteiger partial charge in [0.15, 0.2) is 23.9 Å². The van der Waals surface area contributed by atoms with Crippen LogP contribution in [0.15, 0.2) is 48.5 Å². The first kappa shape index (κ1) is 39.4. The Kier molecular flexibility index (Phi) is 12.4. The first-order chi connectivity index (χ1) is 24.0. The lowest BCUT2D eigenvalue weighted by Gasteiger charge is -2.47. The second kappa shape index (κ2) is 16.1. The van der Waals surface area contributed by atoms with Crippen molar-refractivity contribution in [2.24, 2.45) is 5.73 Å². The van der Waals surface area contributed by atoms with Crippen molar-refractivity contribution in [2.45, 2.75) is 108 Å². The van der Waals surface area contributed by atoms with E-state index in [4.69, 9.17) is 57.4 Å². The highest BCUT2D eigenvalue weighted by Crippen LogP contribution is 2.47. The number of aliphatic hydroxyl groups is 6. The van der Waals surface area contributed by atoms with Crippen LogP contribution in [0.25, 0.3) is 0 Å². The van der Waals surface area contributed by atoms with Crippen LogP contribution in [0.2, 0.25) is 10.0 Å². The van der Waals surface area contributed by atoms with Crippen LogP contribution < -0.4 is 19.9 Å². The monoisotopic (exact) mass is 753 g/mol. The van der Waals surface area contributed by atoms with Gasteiger partial charge < -0.3 is 64.8 Å². The van der Waals surface area contributed by atoms with E-state index in [1.807, 2.05) is 0 Å². The maximum absolute atomic E-state index is 11.3. The molecule has 2 aliphatic rings. The Morgan fingerprint density at radius 3 is 1.84 bits per heavy atom. The maximum atomic E-state index is 11.3. The highest BCUT2D eigenvalue weighted by Gasteiger charge is 2.50. The van der Waals surface area contributed by atoms with Gasteiger partial charge >= 0.3 is 0 Å². The molecule has 0 radical (unpaired) electrons. The van der Waals surface area contributed by atoms with E-state index in [2.05, 4.69) is 0 Å². The second-order valence-electron chi connectivity index (χ2n) is 13.4. The van der Waals surface area contributed by atoms with Crippen molar-refractivity contribution in [3.05, 3.63) is 75.3 Å². The van der Waals surface area contributed by atoms with Gasteiger partial charge in [0.05, 0.1) is 41.1 Å². The molecule has 13 nitrogen and oxygen atoms in total. The van der Waals surface area contributed by atoms with Crippen LogP contribution in [0.4, 0.5) is 0 Å². The highest BCUT2D eigenvalue weighted by molar-refractivity contribution is 6.32. The summed E-state index contributed by atoms with van der Waals surface area (Å²) >= 11 is 13.1. The zero-order valence-electron chi connectivity index (χ0n) is 28.8. The van der Waals surface area contributed by atoms with Crippen molar-refractivity contribution in [1.29, 1.82) is 0 Å². The Balaban J connectivity index is 1.58. The molecule has 0 saturated carbocycles. The molecule has 15 heteroatoms. The highest BCUT2D eigenvalue weighted by atomic mass is 35.5. The zero-order valence-corrected chi connectivity index (χ0v) is 30.3. The lowest BCUT2D eigenvalue weighted by molar-refractivity contribution is -0.333. The average Bonchev–Trinajstić information content (AvgIpc) is 3.05. The topological polar surface area (TPSA) is 203 Å². The first-order valence-electron chi connectivity index (χ1n) is 16.5. The summed E-state index contributed by atoms with van der Waals surface area (Å²) in [5.41, 5.74) is 7.01. The number of hydrogen-bond acceptors (Lipinski definition) is 13. The van der Waals surface area contributed by atoms with Crippen LogP contribution >= 0.6 is 23.2 Å². The van der Waals surface area contributed by atoms with Crippen LogP contribution in [0.3, 0.4) is 0 Å². The third-order valence-corrected chi connectivity index (χ3v) is 9.53. The van der Waals surface area contributed by atoms with Crippen molar-refractivity contribution in [3.8, 4) is 28.7 Å². The molecule has 2 saturated heterocycles. The van der Waals surface area contributed by atoms with E-state index >= 15 is 0 Å². The summed E-state index contributed by atoms with van der Waals surface area (Å²) in [6.45, 7) is 7.58. The van der Waals surface area contributed by atoms with E-state index < -0.39 is 73.6 Å². The minimum absolute atomic E-state index is 0.0170. The number of rotatable bonds is 11. The van der Waals surface area contributed by atoms with Crippen molar-refractivity contribution in [3.63, 3.8) is 0 Å². The molecule has 2 aliphatic heterocycles. The van der Waals surface area contributed by atoms with Gasteiger partial charge in [0.1, 0.15) is 29.8 Å². The number of halogens is 2. The molecule has 0 spiro atoms. The number of aryl methyl sites for hydroxylation is 1. The number of benzene rings is 3. The Labute approximate surface area is 305 Å². The lowest BCUT2D eigenvalue weighted by Crippen LogP contribution is -2.64. The minimum atomic E-state index is -1.65. The van der Waals surface area contributed by atoms with Gasteiger partial charge in [-0.2, -0.15) is 0 Å². The minimum Gasteiger partial charge on any atom is -0.454 e. The van der Waals surface area contributed by atoms with Gasteiger partial charge in [-0.25, -0.2) is 0 Å². The summed E-state index contributed by atoms with van der Waals surface area (Å²) in [5.74, 6) is 0.499. The van der Waals surface area contributed by atoms with Crippen LogP contribution in [0, 0.1) is 6.92 Å². The fraction of sp³-hybridized carbons (Fsp3) is 0.500. The molecular formula is C36H45Cl2NO12. The Morgan fingerprint density at radius 2 is 1.39 bits per heavy atom. The van der Waals surface area contributed by atoms with Gasteiger partial charge in [-0.15, -0.1) is 0 Å². The van der Waals surface area contributed by atoms with Gasteiger partial charge in [0.2, 0.25) is 12.0 Å². The molecule has 2 heterocycles. The van der Waals surface area contributed by atoms with Crippen molar-refractivity contribution in [1.82, 2.24) is 0 Å². The van der Waals surface area contributed by atoms with Crippen molar-refractivity contribution in [2.75, 3.05) is 6.61 Å². The van der Waals surface area contributed by atoms with Crippen LogP contribution in [-0.2, 0) is 14.2 Å². The predicted octanol–water partition coefficient (Wildman–Crippen LogP) is 4.41. The number of hydrogen-bond donors (Lipinski definition) is 7. The van der Waals surface area contributed by atoms with E-state index in [-0.39, 0.29) is 45.2 Å². The fourth-order valence-corrected chi connectivity index (χ4v) is 6.43. The summed E-state index contributed by atoms with van der Waals surface area (Å²) in [6, 6.07) is 12.8. The summed E-state index contributed by atoms with van der Waals surface area (Å²) < 4.78 is 37.0. The molecule has 3 aromatic rings. The third kappa shape index (κ3) is 8.90. The zero-order chi connectivity index (χ0) is 37.4. The molecular weight excluding hydrogens is 709 g/mol. The Bertz CT molecular complexity index is 1590. The number of nitrogens with two attached hydrogens (primary N) is 1. The predicted molar refractivity (Wildman–Crippen MR) is 186 cm³/mol. The maximum Gasteiger partial charge on any atom is 0.230 e. The normalized spacial score (nSPS) is 30.8. The van der Waals surface area contributed by atoms with Crippen LogP contribution in [0.5, 0.6) is 28.7 Å². The van der Waals surface area contributed by atoms with Gasteiger partial charge in [-0.3, -0.25) is 0 Å². The molecule has 0 bridgehead atoms. The molecule has 0 aromatic heterocycles. The second-order valence-corrected chi connectivity index (χ2v) is 14.2. The molecule has 5 rings (SSSR count). The Hall–Kier alpha value is -2.76. The smallest absolute Gasteiger partial charge is 0.230 e. The summed E-state index contributed by atoms with van der Waals surface area (Å²) in [4.78, 5) is 0. The molecule has 0 amide bonds. The van der Waals surface area contributed by atoms with Crippen LogP contribution in [0.1, 0.15) is 63.0 Å². The van der Waals surface area contributed by atoms with Crippen molar-refractivity contribution < 1.29 is 59.1 Å². The first-order valence-corrected chi connectivity index (χ1v) is 17.3. The lowest BCUT2D eigenvalue weighted by atomic mass is 9.86. The van der Waals surface area contributed by atoms with E-state index in [1.54, 1.807) is 83.1 Å². The average molecular weight is 755 g/mol. The molecule has 51 heavy (non-hydrogen) atoms. The summed E-state index contributed by atoms with van der Waals surface area (Å²) in [6.07, 6.45) is -11.8. The Morgan fingerprint density at radius 1 is 0.863 bits per heavy atom.